The van der Waals surface area contributed by atoms with Crippen LogP contribution in [0.3, 0.4) is 0 Å². The molecule has 2 rings (SSSR count). The third kappa shape index (κ3) is 3.91. The summed E-state index contributed by atoms with van der Waals surface area (Å²) < 4.78 is 26.1. The molecule has 22 heavy (non-hydrogen) atoms. The van der Waals surface area contributed by atoms with Gasteiger partial charge >= 0.3 is 6.03 Å². The maximum atomic E-state index is 12.3. The van der Waals surface area contributed by atoms with E-state index in [1.807, 2.05) is 13.0 Å². The fourth-order valence-electron chi connectivity index (χ4n) is 2.42. The van der Waals surface area contributed by atoms with Crippen molar-refractivity contribution in [3.63, 3.8) is 0 Å². The van der Waals surface area contributed by atoms with Crippen molar-refractivity contribution in [1.82, 2.24) is 9.62 Å². The zero-order chi connectivity index (χ0) is 16.3. The minimum absolute atomic E-state index is 0.189. The molecule has 1 fully saturated rings. The summed E-state index contributed by atoms with van der Waals surface area (Å²) in [6.45, 7) is 2.61. The van der Waals surface area contributed by atoms with Crippen LogP contribution < -0.4 is 10.0 Å². The van der Waals surface area contributed by atoms with Crippen molar-refractivity contribution < 1.29 is 13.2 Å². The molecule has 2 N–H and O–H groups in total. The number of sulfonamides is 1. The molecule has 1 aliphatic rings. The van der Waals surface area contributed by atoms with Gasteiger partial charge in [0.25, 0.3) is 0 Å². The number of carbonyl (C=O) groups excluding carboxylic acids is 1. The average Bonchev–Trinajstić information content (AvgIpc) is 2.51. The van der Waals surface area contributed by atoms with Gasteiger partial charge in [-0.05, 0) is 44.5 Å². The lowest BCUT2D eigenvalue weighted by atomic mass is 10.1. The van der Waals surface area contributed by atoms with Crippen molar-refractivity contribution in [3.05, 3.63) is 28.8 Å². The summed E-state index contributed by atoms with van der Waals surface area (Å²) in [5.74, 6) is 0. The minimum atomic E-state index is -3.37. The molecule has 1 atom stereocenters. The topological polar surface area (TPSA) is 78.5 Å². The van der Waals surface area contributed by atoms with Gasteiger partial charge in [0, 0.05) is 23.8 Å². The maximum Gasteiger partial charge on any atom is 0.321 e. The maximum absolute atomic E-state index is 12.3. The Hall–Kier alpha value is -1.31. The second kappa shape index (κ2) is 6.85. The summed E-state index contributed by atoms with van der Waals surface area (Å²) in [7, 11) is -1.97. The largest absolute Gasteiger partial charge is 0.323 e. The molecule has 0 radical (unpaired) electrons. The van der Waals surface area contributed by atoms with Crippen molar-refractivity contribution >= 4 is 33.3 Å². The highest BCUT2D eigenvalue weighted by molar-refractivity contribution is 7.90. The van der Waals surface area contributed by atoms with Gasteiger partial charge in [0.1, 0.15) is 0 Å². The van der Waals surface area contributed by atoms with Gasteiger partial charge < -0.3 is 10.2 Å². The molecule has 0 bridgehead atoms. The number of hydrogen-bond donors (Lipinski definition) is 2. The standard InChI is InChI=1S/C14H20ClN3O3S/c1-10-5-6-11(8-13(10)15)17-14(19)18-7-3-4-12(9-18)22(20,21)16-2/h5-6,8,12,16H,3-4,7,9H2,1-2H3,(H,17,19)/t12-/m0/s1. The highest BCUT2D eigenvalue weighted by Gasteiger charge is 2.31. The second-order valence-corrected chi connectivity index (χ2v) is 7.93. The Morgan fingerprint density at radius 3 is 2.77 bits per heavy atom. The number of nitrogens with zero attached hydrogens (tertiary/aromatic N) is 1. The van der Waals surface area contributed by atoms with E-state index >= 15 is 0 Å². The molecule has 1 heterocycles. The third-order valence-corrected chi connectivity index (χ3v) is 6.05. The smallest absolute Gasteiger partial charge is 0.321 e. The summed E-state index contributed by atoms with van der Waals surface area (Å²) >= 11 is 6.03. The number of aryl methyl sites for hydroxylation is 1. The molecule has 0 aromatic heterocycles. The van der Waals surface area contributed by atoms with Crippen LogP contribution in [0.1, 0.15) is 18.4 Å². The fraction of sp³-hybridized carbons (Fsp3) is 0.500. The molecule has 122 valence electrons. The first-order chi connectivity index (χ1) is 10.3. The van der Waals surface area contributed by atoms with Gasteiger partial charge in [-0.25, -0.2) is 17.9 Å². The average molecular weight is 346 g/mol. The number of likely N-dealkylation sites (tertiary alicyclic amines) is 1. The lowest BCUT2D eigenvalue weighted by Gasteiger charge is -2.32. The van der Waals surface area contributed by atoms with Gasteiger partial charge in [0.05, 0.1) is 5.25 Å². The molecule has 1 aromatic carbocycles. The monoisotopic (exact) mass is 345 g/mol. The van der Waals surface area contributed by atoms with Gasteiger partial charge in [-0.3, -0.25) is 0 Å². The number of anilines is 1. The number of benzene rings is 1. The van der Waals surface area contributed by atoms with Crippen LogP contribution in [0.2, 0.25) is 5.02 Å². The number of nitrogens with one attached hydrogen (secondary N) is 2. The summed E-state index contributed by atoms with van der Waals surface area (Å²) in [6, 6.07) is 4.96. The number of amides is 2. The molecular formula is C14H20ClN3O3S. The molecule has 0 saturated carbocycles. The Morgan fingerprint density at radius 1 is 1.41 bits per heavy atom. The molecule has 0 unspecified atom stereocenters. The Bertz CT molecular complexity index is 663. The first kappa shape index (κ1) is 17.1. The van der Waals surface area contributed by atoms with Crippen molar-refractivity contribution in [2.45, 2.75) is 25.0 Å². The van der Waals surface area contributed by atoms with Crippen LogP contribution in [0.4, 0.5) is 10.5 Å². The van der Waals surface area contributed by atoms with Crippen molar-refractivity contribution in [3.8, 4) is 0 Å². The molecule has 1 aliphatic heterocycles. The van der Waals surface area contributed by atoms with E-state index < -0.39 is 15.3 Å². The summed E-state index contributed by atoms with van der Waals surface area (Å²) in [5, 5.41) is 2.76. The first-order valence-corrected chi connectivity index (χ1v) is 9.00. The number of piperidine rings is 1. The number of hydrogen-bond acceptors (Lipinski definition) is 3. The fourth-order valence-corrected chi connectivity index (χ4v) is 3.78. The number of carbonyl (C=O) groups is 1. The van der Waals surface area contributed by atoms with Crippen LogP contribution in [0.25, 0.3) is 0 Å². The van der Waals surface area contributed by atoms with E-state index in [1.165, 1.54) is 11.9 Å². The van der Waals surface area contributed by atoms with Gasteiger partial charge in [0.2, 0.25) is 10.0 Å². The quantitative estimate of drug-likeness (QED) is 0.881. The molecular weight excluding hydrogens is 326 g/mol. The third-order valence-electron chi connectivity index (χ3n) is 3.81. The van der Waals surface area contributed by atoms with E-state index in [0.29, 0.717) is 30.1 Å². The van der Waals surface area contributed by atoms with E-state index in [2.05, 4.69) is 10.0 Å². The van der Waals surface area contributed by atoms with Crippen LogP contribution in [0, 0.1) is 6.92 Å². The number of halogens is 1. The highest BCUT2D eigenvalue weighted by Crippen LogP contribution is 2.21. The molecule has 2 amide bonds. The van der Waals surface area contributed by atoms with E-state index in [0.717, 1.165) is 5.56 Å². The van der Waals surface area contributed by atoms with E-state index in [-0.39, 0.29) is 12.6 Å². The van der Waals surface area contributed by atoms with Crippen LogP contribution in [0.5, 0.6) is 0 Å². The number of urea groups is 1. The summed E-state index contributed by atoms with van der Waals surface area (Å²) in [5.41, 5.74) is 1.53. The molecule has 0 spiro atoms. The van der Waals surface area contributed by atoms with E-state index in [9.17, 15) is 13.2 Å². The Labute approximate surface area is 135 Å². The van der Waals surface area contributed by atoms with Crippen LogP contribution in [-0.2, 0) is 10.0 Å². The molecule has 1 saturated heterocycles. The Kier molecular flexibility index (Phi) is 5.31. The Morgan fingerprint density at radius 2 is 2.14 bits per heavy atom. The summed E-state index contributed by atoms with van der Waals surface area (Å²) in [4.78, 5) is 13.8. The number of rotatable bonds is 3. The van der Waals surface area contributed by atoms with Crippen LogP contribution in [-0.4, -0.2) is 44.7 Å². The lowest BCUT2D eigenvalue weighted by Crippen LogP contribution is -2.49. The van der Waals surface area contributed by atoms with Crippen LogP contribution in [0.15, 0.2) is 18.2 Å². The minimum Gasteiger partial charge on any atom is -0.323 e. The van der Waals surface area contributed by atoms with Gasteiger partial charge in [-0.1, -0.05) is 17.7 Å². The predicted molar refractivity (Wildman–Crippen MR) is 87.8 cm³/mol. The van der Waals surface area contributed by atoms with Crippen LogP contribution >= 0.6 is 11.6 Å². The van der Waals surface area contributed by atoms with Crippen molar-refractivity contribution in [2.75, 3.05) is 25.5 Å². The zero-order valence-electron chi connectivity index (χ0n) is 12.6. The normalized spacial score (nSPS) is 19.0. The van der Waals surface area contributed by atoms with Gasteiger partial charge in [-0.15, -0.1) is 0 Å². The van der Waals surface area contributed by atoms with E-state index in [4.69, 9.17) is 11.6 Å². The predicted octanol–water partition coefficient (Wildman–Crippen LogP) is 2.19. The van der Waals surface area contributed by atoms with Crippen molar-refractivity contribution in [2.24, 2.45) is 0 Å². The van der Waals surface area contributed by atoms with Gasteiger partial charge in [0.15, 0.2) is 0 Å². The zero-order valence-corrected chi connectivity index (χ0v) is 14.2. The second-order valence-electron chi connectivity index (χ2n) is 5.35. The highest BCUT2D eigenvalue weighted by atomic mass is 35.5. The van der Waals surface area contributed by atoms with Gasteiger partial charge in [-0.2, -0.15) is 0 Å². The van der Waals surface area contributed by atoms with Crippen molar-refractivity contribution in [1.29, 1.82) is 0 Å². The Balaban J connectivity index is 2.04. The first-order valence-electron chi connectivity index (χ1n) is 7.08. The SMILES string of the molecule is CNS(=O)(=O)[C@H]1CCCN(C(=O)Nc2ccc(C)c(Cl)c2)C1. The lowest BCUT2D eigenvalue weighted by molar-refractivity contribution is 0.200. The molecule has 0 aliphatic carbocycles. The van der Waals surface area contributed by atoms with E-state index in [1.54, 1.807) is 12.1 Å². The molecule has 1 aromatic rings. The molecule has 6 nitrogen and oxygen atoms in total. The summed E-state index contributed by atoms with van der Waals surface area (Å²) in [6.07, 6.45) is 1.22. The molecule has 8 heteroatoms.